The Labute approximate surface area is 115 Å². The number of amides is 1. The minimum absolute atomic E-state index is 0.515. The molecule has 0 heterocycles. The van der Waals surface area contributed by atoms with Gasteiger partial charge in [-0.3, -0.25) is 4.79 Å². The minimum atomic E-state index is -4.86. The molecule has 1 aromatic rings. The van der Waals surface area contributed by atoms with Crippen LogP contribution in [0.15, 0.2) is 24.3 Å². The van der Waals surface area contributed by atoms with Crippen LogP contribution in [0.25, 0.3) is 0 Å². The Morgan fingerprint density at radius 2 is 1.75 bits per heavy atom. The van der Waals surface area contributed by atoms with Crippen LogP contribution in [0.4, 0.5) is 13.2 Å². The zero-order valence-corrected chi connectivity index (χ0v) is 11.1. The maximum Gasteiger partial charge on any atom is 0.471 e. The van der Waals surface area contributed by atoms with Crippen molar-refractivity contribution in [3.05, 3.63) is 29.8 Å². The van der Waals surface area contributed by atoms with Crippen LogP contribution in [0.5, 0.6) is 5.75 Å². The molecule has 110 valence electrons. The number of nitrogens with one attached hydrogen (secondary N) is 1. The molecule has 1 amide bonds. The molecule has 0 unspecified atom stereocenters. The summed E-state index contributed by atoms with van der Waals surface area (Å²) in [5.74, 6) is -1.25. The van der Waals surface area contributed by atoms with Gasteiger partial charge in [0, 0.05) is 0 Å². The lowest BCUT2D eigenvalue weighted by Crippen LogP contribution is -2.49. The van der Waals surface area contributed by atoms with Crippen LogP contribution in [0.1, 0.15) is 31.2 Å². The highest BCUT2D eigenvalue weighted by molar-refractivity contribution is 5.82. The standard InChI is InChI=1S/C14H16F3NO2/c1-20-11-6-4-10(5-7-11)13(8-2-3-9-13)18-12(19)14(15,16)17/h4-7H,2-3,8-9H2,1H3,(H,18,19). The van der Waals surface area contributed by atoms with Crippen molar-refractivity contribution >= 4 is 5.91 Å². The summed E-state index contributed by atoms with van der Waals surface area (Å²) >= 11 is 0. The average molecular weight is 287 g/mol. The van der Waals surface area contributed by atoms with E-state index in [2.05, 4.69) is 5.32 Å². The molecular weight excluding hydrogens is 271 g/mol. The quantitative estimate of drug-likeness (QED) is 0.927. The monoisotopic (exact) mass is 287 g/mol. The van der Waals surface area contributed by atoms with E-state index in [1.54, 1.807) is 24.3 Å². The first kappa shape index (κ1) is 14.7. The summed E-state index contributed by atoms with van der Waals surface area (Å²) in [4.78, 5) is 11.3. The number of benzene rings is 1. The highest BCUT2D eigenvalue weighted by Crippen LogP contribution is 2.40. The van der Waals surface area contributed by atoms with E-state index in [4.69, 9.17) is 4.74 Å². The first-order valence-corrected chi connectivity index (χ1v) is 6.41. The zero-order valence-electron chi connectivity index (χ0n) is 11.1. The third-order valence-corrected chi connectivity index (χ3v) is 3.71. The smallest absolute Gasteiger partial charge is 0.471 e. The highest BCUT2D eigenvalue weighted by atomic mass is 19.4. The number of alkyl halides is 3. The van der Waals surface area contributed by atoms with Gasteiger partial charge in [-0.1, -0.05) is 25.0 Å². The molecule has 0 aromatic heterocycles. The van der Waals surface area contributed by atoms with Crippen molar-refractivity contribution < 1.29 is 22.7 Å². The van der Waals surface area contributed by atoms with Gasteiger partial charge in [0.2, 0.25) is 0 Å². The van der Waals surface area contributed by atoms with Gasteiger partial charge in [0.15, 0.2) is 0 Å². The first-order chi connectivity index (χ1) is 9.37. The number of hydrogen-bond donors (Lipinski definition) is 1. The summed E-state index contributed by atoms with van der Waals surface area (Å²) in [6.07, 6.45) is -2.24. The van der Waals surface area contributed by atoms with E-state index in [1.807, 2.05) is 0 Å². The molecule has 3 nitrogen and oxygen atoms in total. The molecule has 20 heavy (non-hydrogen) atoms. The van der Waals surface area contributed by atoms with Crippen LogP contribution in [-0.4, -0.2) is 19.2 Å². The van der Waals surface area contributed by atoms with E-state index in [0.717, 1.165) is 12.8 Å². The van der Waals surface area contributed by atoms with Crippen molar-refractivity contribution in [2.45, 2.75) is 37.4 Å². The molecule has 0 bridgehead atoms. The van der Waals surface area contributed by atoms with Crippen molar-refractivity contribution in [3.63, 3.8) is 0 Å². The molecule has 6 heteroatoms. The van der Waals surface area contributed by atoms with Gasteiger partial charge in [-0.15, -0.1) is 0 Å². The molecule has 1 aliphatic rings. The normalized spacial score (nSPS) is 17.8. The van der Waals surface area contributed by atoms with Crippen LogP contribution in [0.3, 0.4) is 0 Å². The summed E-state index contributed by atoms with van der Waals surface area (Å²) in [7, 11) is 1.52. The number of hydrogen-bond acceptors (Lipinski definition) is 2. The van der Waals surface area contributed by atoms with Crippen LogP contribution < -0.4 is 10.1 Å². The zero-order chi connectivity index (χ0) is 14.8. The summed E-state index contributed by atoms with van der Waals surface area (Å²) in [5, 5.41) is 2.18. The fourth-order valence-corrected chi connectivity index (χ4v) is 2.66. The Hall–Kier alpha value is -1.72. The molecular formula is C14H16F3NO2. The molecule has 0 spiro atoms. The van der Waals surface area contributed by atoms with Crippen LogP contribution in [0.2, 0.25) is 0 Å². The number of ether oxygens (including phenoxy) is 1. The highest BCUT2D eigenvalue weighted by Gasteiger charge is 2.45. The van der Waals surface area contributed by atoms with Gasteiger partial charge in [0.05, 0.1) is 12.6 Å². The van der Waals surface area contributed by atoms with Gasteiger partial charge < -0.3 is 10.1 Å². The van der Waals surface area contributed by atoms with Crippen molar-refractivity contribution in [1.82, 2.24) is 5.32 Å². The molecule has 1 N–H and O–H groups in total. The van der Waals surface area contributed by atoms with E-state index >= 15 is 0 Å². The van der Waals surface area contributed by atoms with E-state index in [9.17, 15) is 18.0 Å². The average Bonchev–Trinajstić information content (AvgIpc) is 2.87. The molecule has 1 fully saturated rings. The second-order valence-electron chi connectivity index (χ2n) is 4.97. The Kier molecular flexibility index (Phi) is 3.92. The van der Waals surface area contributed by atoms with Crippen molar-refractivity contribution in [2.75, 3.05) is 7.11 Å². The summed E-state index contributed by atoms with van der Waals surface area (Å²) in [5.41, 5.74) is -0.229. The van der Waals surface area contributed by atoms with E-state index in [1.165, 1.54) is 7.11 Å². The Morgan fingerprint density at radius 3 is 2.20 bits per heavy atom. The van der Waals surface area contributed by atoms with Gasteiger partial charge in [-0.05, 0) is 30.5 Å². The summed E-state index contributed by atoms with van der Waals surface area (Å²) in [6.45, 7) is 0. The number of carbonyl (C=O) groups is 1. The van der Waals surface area contributed by atoms with Gasteiger partial charge in [0.1, 0.15) is 5.75 Å². The number of methoxy groups -OCH3 is 1. The third-order valence-electron chi connectivity index (χ3n) is 3.71. The van der Waals surface area contributed by atoms with Crippen LogP contribution in [0, 0.1) is 0 Å². The van der Waals surface area contributed by atoms with Gasteiger partial charge >= 0.3 is 12.1 Å². The van der Waals surface area contributed by atoms with E-state index in [-0.39, 0.29) is 0 Å². The summed E-state index contributed by atoms with van der Waals surface area (Å²) in [6, 6.07) is 6.80. The maximum absolute atomic E-state index is 12.5. The number of carbonyl (C=O) groups excluding carboxylic acids is 1. The minimum Gasteiger partial charge on any atom is -0.497 e. The lowest BCUT2D eigenvalue weighted by molar-refractivity contribution is -0.175. The second-order valence-corrected chi connectivity index (χ2v) is 4.97. The SMILES string of the molecule is COc1ccc(C2(NC(=O)C(F)(F)F)CCCC2)cc1. The van der Waals surface area contributed by atoms with Crippen molar-refractivity contribution in [2.24, 2.45) is 0 Å². The Bertz CT molecular complexity index is 476. The van der Waals surface area contributed by atoms with Crippen LogP contribution >= 0.6 is 0 Å². The number of rotatable bonds is 3. The molecule has 0 radical (unpaired) electrons. The molecule has 1 aliphatic carbocycles. The van der Waals surface area contributed by atoms with Gasteiger partial charge in [0.25, 0.3) is 0 Å². The van der Waals surface area contributed by atoms with Gasteiger partial charge in [-0.25, -0.2) is 0 Å². The summed E-state index contributed by atoms with van der Waals surface area (Å²) < 4.78 is 42.5. The lowest BCUT2D eigenvalue weighted by atomic mass is 9.88. The van der Waals surface area contributed by atoms with E-state index in [0.29, 0.717) is 24.2 Å². The fraction of sp³-hybridized carbons (Fsp3) is 0.500. The topological polar surface area (TPSA) is 38.3 Å². The number of halogens is 3. The fourth-order valence-electron chi connectivity index (χ4n) is 2.66. The third kappa shape index (κ3) is 2.89. The predicted molar refractivity (Wildman–Crippen MR) is 67.3 cm³/mol. The van der Waals surface area contributed by atoms with Gasteiger partial charge in [-0.2, -0.15) is 13.2 Å². The molecule has 0 saturated heterocycles. The lowest BCUT2D eigenvalue weighted by Gasteiger charge is -2.31. The van der Waals surface area contributed by atoms with E-state index < -0.39 is 17.6 Å². The van der Waals surface area contributed by atoms with Crippen molar-refractivity contribution in [1.29, 1.82) is 0 Å². The molecule has 1 saturated carbocycles. The van der Waals surface area contributed by atoms with Crippen molar-refractivity contribution in [3.8, 4) is 5.75 Å². The Morgan fingerprint density at radius 1 is 1.20 bits per heavy atom. The largest absolute Gasteiger partial charge is 0.497 e. The maximum atomic E-state index is 12.5. The second kappa shape index (κ2) is 5.34. The molecule has 1 aromatic carbocycles. The predicted octanol–water partition coefficient (Wildman–Crippen LogP) is 3.14. The molecule has 0 atom stereocenters. The van der Waals surface area contributed by atoms with Crippen LogP contribution in [-0.2, 0) is 10.3 Å². The Balaban J connectivity index is 2.27. The first-order valence-electron chi connectivity index (χ1n) is 6.41. The molecule has 2 rings (SSSR count). The molecule has 0 aliphatic heterocycles.